The number of hydrogen-bond donors (Lipinski definition) is 2. The maximum Gasteiger partial charge on any atom is 0.389 e. The number of halogens is 3. The Morgan fingerprint density at radius 2 is 1.67 bits per heavy atom. The van der Waals surface area contributed by atoms with Gasteiger partial charge in [-0.05, 0) is 73.2 Å². The minimum Gasteiger partial charge on any atom is -0.475 e. The number of piperazine rings is 1. The number of hydrogen-bond acceptors (Lipinski definition) is 11. The third kappa shape index (κ3) is 8.89. The normalized spacial score (nSPS) is 21.4. The number of aryl methyl sites for hydroxylation is 1. The summed E-state index contributed by atoms with van der Waals surface area (Å²) in [5, 5.41) is 5.09. The van der Waals surface area contributed by atoms with Gasteiger partial charge in [0.05, 0.1) is 24.3 Å². The number of likely N-dealkylation sites (tertiary alicyclic amines) is 1. The standard InChI is InChI=1S/C42H47F3N8O7/c1-26-2-3-29(47-41(58)52-9-8-27(25-52)23-42(43,44)45)21-32(26)28-20-35(51-15-17-59-18-16-51)38(46-24-28)60-19-14-49-10-12-50(13-11-49)30-4-5-31-33(22-30)40(57)53(39(31)56)34-6-7-36(54)48-37(34)55/h2-5,20-22,24,27,34H,6-19,23,25H2,1H3,(H,47,58)(H,48,54,55)/t27-,34?/m0/s1. The summed E-state index contributed by atoms with van der Waals surface area (Å²) in [6.07, 6.45) is -2.94. The fourth-order valence-electron chi connectivity index (χ4n) is 8.61. The number of aromatic nitrogens is 1. The quantitative estimate of drug-likeness (QED) is 0.281. The van der Waals surface area contributed by atoms with E-state index in [0.29, 0.717) is 70.5 Å². The molecule has 2 N–H and O–H groups in total. The predicted octanol–water partition coefficient (Wildman–Crippen LogP) is 4.30. The number of ether oxygens (including phenoxy) is 2. The molecular formula is C42H47F3N8O7. The number of benzene rings is 2. The highest BCUT2D eigenvalue weighted by atomic mass is 19.4. The van der Waals surface area contributed by atoms with Crippen LogP contribution in [0.2, 0.25) is 0 Å². The molecule has 2 atom stereocenters. The summed E-state index contributed by atoms with van der Waals surface area (Å²) in [5.41, 5.74) is 5.29. The van der Waals surface area contributed by atoms with Crippen molar-refractivity contribution in [1.82, 2.24) is 25.0 Å². The van der Waals surface area contributed by atoms with Gasteiger partial charge in [0.1, 0.15) is 18.3 Å². The number of fused-ring (bicyclic) bond motifs is 1. The van der Waals surface area contributed by atoms with Crippen LogP contribution in [0.4, 0.5) is 35.0 Å². The second-order valence-electron chi connectivity index (χ2n) is 15.9. The molecule has 0 saturated carbocycles. The van der Waals surface area contributed by atoms with Crippen molar-refractivity contribution in [3.8, 4) is 17.0 Å². The minimum atomic E-state index is -4.26. The van der Waals surface area contributed by atoms with Crippen molar-refractivity contribution >= 4 is 46.7 Å². The highest BCUT2D eigenvalue weighted by Crippen LogP contribution is 2.36. The fraction of sp³-hybridized carbons (Fsp3) is 0.476. The highest BCUT2D eigenvalue weighted by Gasteiger charge is 2.45. The van der Waals surface area contributed by atoms with Crippen LogP contribution in [0, 0.1) is 12.8 Å². The molecule has 5 aliphatic rings. The second kappa shape index (κ2) is 17.1. The van der Waals surface area contributed by atoms with Crippen LogP contribution in [0.25, 0.3) is 11.1 Å². The van der Waals surface area contributed by atoms with E-state index in [2.05, 4.69) is 25.3 Å². The molecule has 5 aliphatic heterocycles. The number of carbonyl (C=O) groups is 5. The van der Waals surface area contributed by atoms with Gasteiger partial charge in [-0.15, -0.1) is 0 Å². The Labute approximate surface area is 344 Å². The molecule has 0 bridgehead atoms. The van der Waals surface area contributed by atoms with Gasteiger partial charge in [-0.2, -0.15) is 13.2 Å². The van der Waals surface area contributed by atoms with Crippen molar-refractivity contribution in [1.29, 1.82) is 0 Å². The highest BCUT2D eigenvalue weighted by molar-refractivity contribution is 6.23. The smallest absolute Gasteiger partial charge is 0.389 e. The lowest BCUT2D eigenvalue weighted by atomic mass is 10.0. The van der Waals surface area contributed by atoms with E-state index in [0.717, 1.165) is 46.1 Å². The van der Waals surface area contributed by atoms with E-state index in [1.165, 1.54) is 4.90 Å². The first-order valence-corrected chi connectivity index (χ1v) is 20.3. The minimum absolute atomic E-state index is 0.0612. The van der Waals surface area contributed by atoms with Gasteiger partial charge in [0.15, 0.2) is 0 Å². The Balaban J connectivity index is 0.880. The zero-order valence-corrected chi connectivity index (χ0v) is 33.3. The number of imide groups is 2. The Morgan fingerprint density at radius 1 is 0.900 bits per heavy atom. The van der Waals surface area contributed by atoms with Crippen LogP contribution in [0.5, 0.6) is 5.88 Å². The Bertz CT molecular complexity index is 2170. The maximum absolute atomic E-state index is 13.4. The van der Waals surface area contributed by atoms with Crippen molar-refractivity contribution in [3.05, 3.63) is 65.4 Å². The largest absolute Gasteiger partial charge is 0.475 e. The first-order chi connectivity index (χ1) is 28.8. The molecule has 2 aromatic carbocycles. The summed E-state index contributed by atoms with van der Waals surface area (Å²) < 4.78 is 50.7. The number of rotatable bonds is 10. The molecular weight excluding hydrogens is 786 g/mol. The van der Waals surface area contributed by atoms with Crippen molar-refractivity contribution in [2.45, 2.75) is 44.8 Å². The number of piperidine rings is 1. The molecule has 18 heteroatoms. The number of anilines is 3. The van der Waals surface area contributed by atoms with Crippen LogP contribution in [-0.2, 0) is 14.3 Å². The van der Waals surface area contributed by atoms with Gasteiger partial charge in [0, 0.05) is 94.9 Å². The third-order valence-electron chi connectivity index (χ3n) is 11.9. The number of amides is 6. The molecule has 318 valence electrons. The van der Waals surface area contributed by atoms with E-state index in [1.807, 2.05) is 31.2 Å². The Morgan fingerprint density at radius 3 is 2.42 bits per heavy atom. The summed E-state index contributed by atoms with van der Waals surface area (Å²) in [4.78, 5) is 77.4. The Kier molecular flexibility index (Phi) is 11.7. The molecule has 15 nitrogen and oxygen atoms in total. The number of urea groups is 1. The number of morpholine rings is 1. The molecule has 4 saturated heterocycles. The first-order valence-electron chi connectivity index (χ1n) is 20.3. The molecule has 0 radical (unpaired) electrons. The topological polar surface area (TPSA) is 157 Å². The van der Waals surface area contributed by atoms with E-state index >= 15 is 0 Å². The Hall–Kier alpha value is -5.75. The van der Waals surface area contributed by atoms with Crippen molar-refractivity contribution < 1.29 is 46.6 Å². The van der Waals surface area contributed by atoms with Crippen LogP contribution in [0.1, 0.15) is 52.0 Å². The third-order valence-corrected chi connectivity index (χ3v) is 11.9. The van der Waals surface area contributed by atoms with Gasteiger partial charge >= 0.3 is 12.2 Å². The van der Waals surface area contributed by atoms with E-state index < -0.39 is 54.2 Å². The molecule has 3 aromatic rings. The summed E-state index contributed by atoms with van der Waals surface area (Å²) in [6.45, 7) is 8.57. The van der Waals surface area contributed by atoms with Gasteiger partial charge in [0.2, 0.25) is 17.7 Å². The monoisotopic (exact) mass is 832 g/mol. The van der Waals surface area contributed by atoms with Gasteiger partial charge in [0.25, 0.3) is 11.8 Å². The molecule has 0 spiro atoms. The molecule has 8 rings (SSSR count). The molecule has 1 aromatic heterocycles. The number of alkyl halides is 3. The lowest BCUT2D eigenvalue weighted by molar-refractivity contribution is -0.143. The number of carbonyl (C=O) groups excluding carboxylic acids is 5. The van der Waals surface area contributed by atoms with Crippen molar-refractivity contribution in [3.63, 3.8) is 0 Å². The average Bonchev–Trinajstić information content (AvgIpc) is 3.79. The van der Waals surface area contributed by atoms with Crippen molar-refractivity contribution in [2.75, 3.05) is 93.8 Å². The number of nitrogens with zero attached hydrogens (tertiary/aromatic N) is 6. The van der Waals surface area contributed by atoms with Gasteiger partial charge in [-0.25, -0.2) is 9.78 Å². The fourth-order valence-corrected chi connectivity index (χ4v) is 8.61. The number of nitrogens with one attached hydrogen (secondary N) is 2. The SMILES string of the molecule is Cc1ccc(NC(=O)N2CC[C@@H](CC(F)(F)F)C2)cc1-c1cnc(OCCN2CCN(c3ccc4c(c3)C(=O)N(C3CCC(=O)NC3=O)C4=O)CC2)c(N2CCOCC2)c1. The molecule has 60 heavy (non-hydrogen) atoms. The van der Waals surface area contributed by atoms with E-state index in [1.54, 1.807) is 24.4 Å². The van der Waals surface area contributed by atoms with Gasteiger partial charge in [-0.1, -0.05) is 6.07 Å². The summed E-state index contributed by atoms with van der Waals surface area (Å²) in [7, 11) is 0. The van der Waals surface area contributed by atoms with Crippen LogP contribution in [-0.4, -0.2) is 140 Å². The van der Waals surface area contributed by atoms with E-state index in [9.17, 15) is 37.1 Å². The maximum atomic E-state index is 13.4. The van der Waals surface area contributed by atoms with E-state index in [-0.39, 0.29) is 37.1 Å². The zero-order chi connectivity index (χ0) is 42.1. The van der Waals surface area contributed by atoms with Gasteiger partial charge < -0.3 is 29.5 Å². The van der Waals surface area contributed by atoms with E-state index in [4.69, 9.17) is 14.5 Å². The average molecular weight is 833 g/mol. The van der Waals surface area contributed by atoms with Crippen LogP contribution in [0.3, 0.4) is 0 Å². The summed E-state index contributed by atoms with van der Waals surface area (Å²) >= 11 is 0. The molecule has 4 fully saturated rings. The van der Waals surface area contributed by atoms with Crippen LogP contribution < -0.4 is 25.2 Å². The first kappa shape index (κ1) is 41.0. The molecule has 6 amide bonds. The number of pyridine rings is 1. The summed E-state index contributed by atoms with van der Waals surface area (Å²) in [6, 6.07) is 11.3. The lowest BCUT2D eigenvalue weighted by Crippen LogP contribution is -2.54. The summed E-state index contributed by atoms with van der Waals surface area (Å²) in [5.74, 6) is -2.23. The zero-order valence-electron chi connectivity index (χ0n) is 33.3. The molecule has 1 unspecified atom stereocenters. The molecule has 0 aliphatic carbocycles. The van der Waals surface area contributed by atoms with Crippen LogP contribution >= 0.6 is 0 Å². The molecule has 6 heterocycles. The lowest BCUT2D eigenvalue weighted by Gasteiger charge is -2.36. The predicted molar refractivity (Wildman–Crippen MR) is 214 cm³/mol. The van der Waals surface area contributed by atoms with Gasteiger partial charge in [-0.3, -0.25) is 34.3 Å². The van der Waals surface area contributed by atoms with Crippen molar-refractivity contribution in [2.24, 2.45) is 5.92 Å². The van der Waals surface area contributed by atoms with Crippen LogP contribution in [0.15, 0.2) is 48.7 Å². The second-order valence-corrected chi connectivity index (χ2v) is 15.9.